The lowest BCUT2D eigenvalue weighted by molar-refractivity contribution is -0.917. The monoisotopic (exact) mass is 320 g/mol. The number of hydrogen-bond donors (Lipinski definition) is 1. The van der Waals surface area contributed by atoms with E-state index in [1.54, 1.807) is 24.3 Å². The molecule has 1 aliphatic heterocycles. The minimum atomic E-state index is 0.0294. The average molecular weight is 320 g/mol. The molecule has 24 heavy (non-hydrogen) atoms. The second kappa shape index (κ2) is 7.29. The summed E-state index contributed by atoms with van der Waals surface area (Å²) < 4.78 is 0. The summed E-state index contributed by atoms with van der Waals surface area (Å²) in [6.07, 6.45) is 0. The zero-order valence-corrected chi connectivity index (χ0v) is 14.0. The smallest absolute Gasteiger partial charge is 0.254 e. The molecule has 4 nitrogen and oxygen atoms in total. The molecule has 1 fully saturated rings. The maximum atomic E-state index is 12.6. The van der Waals surface area contributed by atoms with Gasteiger partial charge in [0.2, 0.25) is 0 Å². The van der Waals surface area contributed by atoms with E-state index < -0.39 is 0 Å². The average Bonchev–Trinajstić information content (AvgIpc) is 2.62. The first kappa shape index (κ1) is 16.2. The predicted octanol–water partition coefficient (Wildman–Crippen LogP) is 1.41. The Bertz CT molecular complexity index is 770. The van der Waals surface area contributed by atoms with Crippen LogP contribution in [0.4, 0.5) is 0 Å². The van der Waals surface area contributed by atoms with Gasteiger partial charge in [0.15, 0.2) is 0 Å². The molecule has 0 saturated carbocycles. The molecule has 0 aliphatic carbocycles. The van der Waals surface area contributed by atoms with Crippen molar-refractivity contribution in [3.63, 3.8) is 0 Å². The summed E-state index contributed by atoms with van der Waals surface area (Å²) in [5.74, 6) is 0.0294. The van der Waals surface area contributed by atoms with Crippen LogP contribution in [0.3, 0.4) is 0 Å². The molecule has 0 spiro atoms. The van der Waals surface area contributed by atoms with Crippen LogP contribution in [0.5, 0.6) is 0 Å². The molecule has 0 radical (unpaired) electrons. The fourth-order valence-corrected chi connectivity index (χ4v) is 3.22. The van der Waals surface area contributed by atoms with E-state index in [1.165, 1.54) is 16.0 Å². The van der Waals surface area contributed by atoms with Crippen LogP contribution in [0.1, 0.15) is 27.0 Å². The molecule has 0 aromatic heterocycles. The SMILES string of the molecule is Cc1cccc(C[NH+]2CCN(C(=O)c3cccc(C#N)c3)CC2)c1. The minimum Gasteiger partial charge on any atom is -0.328 e. The molecule has 1 saturated heterocycles. The number of hydrogen-bond acceptors (Lipinski definition) is 2. The Morgan fingerprint density at radius 1 is 1.17 bits per heavy atom. The Balaban J connectivity index is 1.58. The van der Waals surface area contributed by atoms with Crippen molar-refractivity contribution < 1.29 is 9.69 Å². The summed E-state index contributed by atoms with van der Waals surface area (Å²) in [6.45, 7) is 6.56. The molecule has 122 valence electrons. The molecule has 1 aliphatic rings. The Labute approximate surface area is 142 Å². The maximum absolute atomic E-state index is 12.6. The topological polar surface area (TPSA) is 48.5 Å². The van der Waals surface area contributed by atoms with Crippen LogP contribution in [0, 0.1) is 18.3 Å². The van der Waals surface area contributed by atoms with Gasteiger partial charge in [0.25, 0.3) is 5.91 Å². The third kappa shape index (κ3) is 3.81. The first-order chi connectivity index (χ1) is 11.7. The number of carbonyl (C=O) groups is 1. The number of carbonyl (C=O) groups excluding carboxylic acids is 1. The van der Waals surface area contributed by atoms with Crippen molar-refractivity contribution in [1.82, 2.24) is 4.90 Å². The molecule has 1 N–H and O–H groups in total. The first-order valence-corrected chi connectivity index (χ1v) is 8.34. The van der Waals surface area contributed by atoms with Gasteiger partial charge in [-0.15, -0.1) is 0 Å². The highest BCUT2D eigenvalue weighted by atomic mass is 16.2. The van der Waals surface area contributed by atoms with Gasteiger partial charge < -0.3 is 9.80 Å². The van der Waals surface area contributed by atoms with E-state index in [0.29, 0.717) is 11.1 Å². The molecule has 1 heterocycles. The molecule has 1 amide bonds. The van der Waals surface area contributed by atoms with Gasteiger partial charge >= 0.3 is 0 Å². The highest BCUT2D eigenvalue weighted by Gasteiger charge is 2.24. The molecule has 0 unspecified atom stereocenters. The van der Waals surface area contributed by atoms with Crippen molar-refractivity contribution in [2.45, 2.75) is 13.5 Å². The van der Waals surface area contributed by atoms with Crippen LogP contribution in [-0.2, 0) is 6.54 Å². The van der Waals surface area contributed by atoms with Crippen LogP contribution in [0.2, 0.25) is 0 Å². The fraction of sp³-hybridized carbons (Fsp3) is 0.300. The summed E-state index contributed by atoms with van der Waals surface area (Å²) in [5.41, 5.74) is 3.78. The summed E-state index contributed by atoms with van der Waals surface area (Å²) in [4.78, 5) is 16.0. The Morgan fingerprint density at radius 2 is 1.92 bits per heavy atom. The van der Waals surface area contributed by atoms with Gasteiger partial charge in [-0.1, -0.05) is 35.9 Å². The Hall–Kier alpha value is -2.64. The van der Waals surface area contributed by atoms with Gasteiger partial charge in [0.05, 0.1) is 37.8 Å². The van der Waals surface area contributed by atoms with Crippen LogP contribution in [0.15, 0.2) is 48.5 Å². The van der Waals surface area contributed by atoms with Crippen LogP contribution < -0.4 is 4.90 Å². The van der Waals surface area contributed by atoms with E-state index in [4.69, 9.17) is 5.26 Å². The largest absolute Gasteiger partial charge is 0.328 e. The summed E-state index contributed by atoms with van der Waals surface area (Å²) >= 11 is 0. The van der Waals surface area contributed by atoms with Crippen molar-refractivity contribution >= 4 is 5.91 Å². The number of piperazine rings is 1. The number of nitriles is 1. The molecule has 2 aromatic carbocycles. The number of quaternary nitrogens is 1. The lowest BCUT2D eigenvalue weighted by Crippen LogP contribution is -3.13. The van der Waals surface area contributed by atoms with Gasteiger partial charge in [-0.3, -0.25) is 4.79 Å². The number of aryl methyl sites for hydroxylation is 1. The van der Waals surface area contributed by atoms with Crippen LogP contribution in [0.25, 0.3) is 0 Å². The highest BCUT2D eigenvalue weighted by molar-refractivity contribution is 5.94. The molecular weight excluding hydrogens is 298 g/mol. The highest BCUT2D eigenvalue weighted by Crippen LogP contribution is 2.08. The van der Waals surface area contributed by atoms with Crippen LogP contribution in [-0.4, -0.2) is 37.0 Å². The second-order valence-corrected chi connectivity index (χ2v) is 6.40. The molecule has 4 heteroatoms. The van der Waals surface area contributed by atoms with Crippen LogP contribution >= 0.6 is 0 Å². The van der Waals surface area contributed by atoms with Crippen molar-refractivity contribution in [1.29, 1.82) is 5.26 Å². The normalized spacial score (nSPS) is 15.1. The Kier molecular flexibility index (Phi) is 4.93. The number of nitrogens with zero attached hydrogens (tertiary/aromatic N) is 2. The van der Waals surface area contributed by atoms with Gasteiger partial charge in [-0.2, -0.15) is 5.26 Å². The van der Waals surface area contributed by atoms with E-state index in [9.17, 15) is 4.79 Å². The standard InChI is InChI=1S/C20H21N3O/c1-16-4-2-6-18(12-16)15-22-8-10-23(11-9-22)20(24)19-7-3-5-17(13-19)14-21/h2-7,12-13H,8-11,15H2,1H3/p+1. The number of amides is 1. The van der Waals surface area contributed by atoms with E-state index in [0.717, 1.165) is 32.7 Å². The molecule has 0 atom stereocenters. The van der Waals surface area contributed by atoms with Gasteiger partial charge in [0.1, 0.15) is 6.54 Å². The fourth-order valence-electron chi connectivity index (χ4n) is 3.22. The van der Waals surface area contributed by atoms with E-state index >= 15 is 0 Å². The molecular formula is C20H22N3O+. The second-order valence-electron chi connectivity index (χ2n) is 6.40. The molecule has 3 rings (SSSR count). The van der Waals surface area contributed by atoms with Crippen molar-refractivity contribution in [2.75, 3.05) is 26.2 Å². The van der Waals surface area contributed by atoms with E-state index in [1.807, 2.05) is 4.90 Å². The number of nitrogens with one attached hydrogen (secondary N) is 1. The zero-order chi connectivity index (χ0) is 16.9. The summed E-state index contributed by atoms with van der Waals surface area (Å²) in [6, 6.07) is 17.7. The predicted molar refractivity (Wildman–Crippen MR) is 92.6 cm³/mol. The minimum absolute atomic E-state index is 0.0294. The molecule has 2 aromatic rings. The van der Waals surface area contributed by atoms with Crippen molar-refractivity contribution in [3.05, 3.63) is 70.8 Å². The van der Waals surface area contributed by atoms with Gasteiger partial charge in [-0.25, -0.2) is 0 Å². The summed E-state index contributed by atoms with van der Waals surface area (Å²) in [5, 5.41) is 8.97. The third-order valence-corrected chi connectivity index (χ3v) is 4.53. The zero-order valence-electron chi connectivity index (χ0n) is 14.0. The third-order valence-electron chi connectivity index (χ3n) is 4.53. The van der Waals surface area contributed by atoms with Crippen molar-refractivity contribution in [3.8, 4) is 6.07 Å². The van der Waals surface area contributed by atoms with Gasteiger partial charge in [-0.05, 0) is 25.1 Å². The number of benzene rings is 2. The lowest BCUT2D eigenvalue weighted by Gasteiger charge is -2.32. The van der Waals surface area contributed by atoms with E-state index in [-0.39, 0.29) is 5.91 Å². The van der Waals surface area contributed by atoms with E-state index in [2.05, 4.69) is 37.3 Å². The quantitative estimate of drug-likeness (QED) is 0.929. The summed E-state index contributed by atoms with van der Waals surface area (Å²) in [7, 11) is 0. The van der Waals surface area contributed by atoms with Crippen molar-refractivity contribution in [2.24, 2.45) is 0 Å². The number of rotatable bonds is 3. The maximum Gasteiger partial charge on any atom is 0.254 e. The lowest BCUT2D eigenvalue weighted by atomic mass is 10.1. The first-order valence-electron chi connectivity index (χ1n) is 8.34. The van der Waals surface area contributed by atoms with Gasteiger partial charge in [0, 0.05) is 11.1 Å². The molecule has 0 bridgehead atoms. The Morgan fingerprint density at radius 3 is 2.62 bits per heavy atom.